The minimum atomic E-state index is -1.18. The molecular formula is C14H10N2O5. The zero-order valence-corrected chi connectivity index (χ0v) is 10.7. The number of carboxylic acids is 1. The summed E-state index contributed by atoms with van der Waals surface area (Å²) < 4.78 is 0. The Morgan fingerprint density at radius 1 is 1.14 bits per heavy atom. The van der Waals surface area contributed by atoms with E-state index >= 15 is 0 Å². The fraction of sp³-hybridized carbons (Fsp3) is 0.0714. The molecule has 0 bridgehead atoms. The summed E-state index contributed by atoms with van der Waals surface area (Å²) in [6, 6.07) is 8.50. The van der Waals surface area contributed by atoms with Crippen molar-refractivity contribution in [1.29, 1.82) is 0 Å². The standard InChI is InChI=1S/C14H10N2O5/c17-13(11-3-1-2-4-12(11)14(18)19)7-9-5-6-10(8-15-9)16(20)21/h1-6,8H,7H2,(H,18,19). The van der Waals surface area contributed by atoms with E-state index in [0.717, 1.165) is 6.20 Å². The molecule has 7 heteroatoms. The van der Waals surface area contributed by atoms with E-state index in [-0.39, 0.29) is 23.2 Å². The maximum Gasteiger partial charge on any atom is 0.336 e. The highest BCUT2D eigenvalue weighted by atomic mass is 16.6. The number of aromatic carboxylic acids is 1. The predicted molar refractivity (Wildman–Crippen MR) is 72.3 cm³/mol. The molecule has 0 aliphatic carbocycles. The smallest absolute Gasteiger partial charge is 0.336 e. The highest BCUT2D eigenvalue weighted by molar-refractivity contribution is 6.06. The summed E-state index contributed by atoms with van der Waals surface area (Å²) in [5, 5.41) is 19.5. The maximum absolute atomic E-state index is 12.1. The van der Waals surface area contributed by atoms with Crippen molar-refractivity contribution >= 4 is 17.4 Å². The third-order valence-corrected chi connectivity index (χ3v) is 2.82. The number of rotatable bonds is 5. The molecule has 0 radical (unpaired) electrons. The number of carbonyl (C=O) groups excluding carboxylic acids is 1. The van der Waals surface area contributed by atoms with Crippen LogP contribution in [0.15, 0.2) is 42.6 Å². The van der Waals surface area contributed by atoms with Crippen LogP contribution in [0, 0.1) is 10.1 Å². The van der Waals surface area contributed by atoms with Gasteiger partial charge in [0.05, 0.1) is 16.9 Å². The van der Waals surface area contributed by atoms with Crippen LogP contribution in [0.2, 0.25) is 0 Å². The fourth-order valence-electron chi connectivity index (χ4n) is 1.80. The van der Waals surface area contributed by atoms with E-state index in [2.05, 4.69) is 4.98 Å². The molecule has 1 heterocycles. The second-order valence-electron chi connectivity index (χ2n) is 4.22. The number of ketones is 1. The molecular weight excluding hydrogens is 276 g/mol. The van der Waals surface area contributed by atoms with E-state index < -0.39 is 16.7 Å². The first-order valence-electron chi connectivity index (χ1n) is 5.94. The number of aromatic nitrogens is 1. The van der Waals surface area contributed by atoms with Crippen LogP contribution in [0.4, 0.5) is 5.69 Å². The number of benzene rings is 1. The quantitative estimate of drug-likeness (QED) is 0.512. The molecule has 0 fully saturated rings. The van der Waals surface area contributed by atoms with Crippen LogP contribution in [0.1, 0.15) is 26.4 Å². The molecule has 0 aliphatic rings. The number of carbonyl (C=O) groups is 2. The number of nitrogens with zero attached hydrogens (tertiary/aromatic N) is 2. The molecule has 0 spiro atoms. The molecule has 106 valence electrons. The van der Waals surface area contributed by atoms with Gasteiger partial charge in [0, 0.05) is 17.3 Å². The van der Waals surface area contributed by atoms with E-state index in [0.29, 0.717) is 5.69 Å². The van der Waals surface area contributed by atoms with Crippen LogP contribution in [0.25, 0.3) is 0 Å². The molecule has 0 aliphatic heterocycles. The molecule has 1 aromatic heterocycles. The molecule has 1 N–H and O–H groups in total. The van der Waals surface area contributed by atoms with Gasteiger partial charge < -0.3 is 5.11 Å². The molecule has 0 saturated heterocycles. The topological polar surface area (TPSA) is 110 Å². The second-order valence-corrected chi connectivity index (χ2v) is 4.22. The monoisotopic (exact) mass is 286 g/mol. The van der Waals surface area contributed by atoms with Gasteiger partial charge in [0.2, 0.25) is 0 Å². The Bertz CT molecular complexity index is 710. The maximum atomic E-state index is 12.1. The predicted octanol–water partition coefficient (Wildman–Crippen LogP) is 2.11. The number of nitro groups is 1. The Morgan fingerprint density at radius 2 is 1.81 bits per heavy atom. The summed E-state index contributed by atoms with van der Waals surface area (Å²) in [5.41, 5.74) is 0.178. The van der Waals surface area contributed by atoms with Crippen LogP contribution in [0.5, 0.6) is 0 Å². The van der Waals surface area contributed by atoms with Gasteiger partial charge in [-0.15, -0.1) is 0 Å². The SMILES string of the molecule is O=C(O)c1ccccc1C(=O)Cc1ccc([N+](=O)[O-])cn1. The van der Waals surface area contributed by atoms with E-state index in [1.54, 1.807) is 6.07 Å². The van der Waals surface area contributed by atoms with Gasteiger partial charge >= 0.3 is 5.97 Å². The highest BCUT2D eigenvalue weighted by Crippen LogP contribution is 2.14. The first-order chi connectivity index (χ1) is 9.99. The summed E-state index contributed by atoms with van der Waals surface area (Å²) >= 11 is 0. The number of Topliss-reactive ketones (excluding diaryl/α,β-unsaturated/α-hetero) is 1. The van der Waals surface area contributed by atoms with Gasteiger partial charge in [0.15, 0.2) is 5.78 Å². The summed E-state index contributed by atoms with van der Waals surface area (Å²) in [6.07, 6.45) is 0.938. The molecule has 7 nitrogen and oxygen atoms in total. The molecule has 2 aromatic rings. The fourth-order valence-corrected chi connectivity index (χ4v) is 1.80. The zero-order chi connectivity index (χ0) is 15.4. The van der Waals surface area contributed by atoms with Crippen molar-refractivity contribution in [3.8, 4) is 0 Å². The van der Waals surface area contributed by atoms with E-state index in [1.807, 2.05) is 0 Å². The average molecular weight is 286 g/mol. The lowest BCUT2D eigenvalue weighted by molar-refractivity contribution is -0.385. The minimum absolute atomic E-state index is 0.0792. The van der Waals surface area contributed by atoms with Gasteiger partial charge in [-0.25, -0.2) is 4.79 Å². The van der Waals surface area contributed by atoms with Gasteiger partial charge in [-0.05, 0) is 12.1 Å². The van der Waals surface area contributed by atoms with Crippen LogP contribution < -0.4 is 0 Å². The van der Waals surface area contributed by atoms with Crippen molar-refractivity contribution in [3.05, 3.63) is 69.5 Å². The number of carboxylic acid groups (broad SMARTS) is 1. The molecule has 0 amide bonds. The van der Waals surface area contributed by atoms with Crippen molar-refractivity contribution in [3.63, 3.8) is 0 Å². The van der Waals surface area contributed by atoms with Crippen molar-refractivity contribution in [2.24, 2.45) is 0 Å². The normalized spacial score (nSPS) is 10.1. The van der Waals surface area contributed by atoms with Gasteiger partial charge in [0.25, 0.3) is 5.69 Å². The lowest BCUT2D eigenvalue weighted by Crippen LogP contribution is -2.11. The largest absolute Gasteiger partial charge is 0.478 e. The van der Waals surface area contributed by atoms with Crippen LogP contribution in [0.3, 0.4) is 0 Å². The van der Waals surface area contributed by atoms with Crippen molar-refractivity contribution in [2.75, 3.05) is 0 Å². The third kappa shape index (κ3) is 3.27. The van der Waals surface area contributed by atoms with Gasteiger partial charge in [0.1, 0.15) is 6.20 Å². The zero-order valence-electron chi connectivity index (χ0n) is 10.7. The minimum Gasteiger partial charge on any atom is -0.478 e. The first kappa shape index (κ1) is 14.3. The molecule has 0 unspecified atom stereocenters. The Kier molecular flexibility index (Phi) is 4.03. The van der Waals surface area contributed by atoms with Gasteiger partial charge in [-0.2, -0.15) is 0 Å². The van der Waals surface area contributed by atoms with E-state index in [4.69, 9.17) is 5.11 Å². The van der Waals surface area contributed by atoms with E-state index in [1.165, 1.54) is 30.3 Å². The van der Waals surface area contributed by atoms with E-state index in [9.17, 15) is 19.7 Å². The molecule has 0 atom stereocenters. The second kappa shape index (κ2) is 5.91. The van der Waals surface area contributed by atoms with Crippen LogP contribution in [-0.2, 0) is 6.42 Å². The van der Waals surface area contributed by atoms with Crippen LogP contribution >= 0.6 is 0 Å². The van der Waals surface area contributed by atoms with Crippen molar-refractivity contribution in [1.82, 2.24) is 4.98 Å². The molecule has 21 heavy (non-hydrogen) atoms. The summed E-state index contributed by atoms with van der Waals surface area (Å²) in [7, 11) is 0. The molecule has 2 rings (SSSR count). The van der Waals surface area contributed by atoms with Gasteiger partial charge in [-0.1, -0.05) is 18.2 Å². The third-order valence-electron chi connectivity index (χ3n) is 2.82. The summed E-state index contributed by atoms with van der Waals surface area (Å²) in [4.78, 5) is 36.9. The number of pyridine rings is 1. The highest BCUT2D eigenvalue weighted by Gasteiger charge is 2.17. The Morgan fingerprint density at radius 3 is 2.33 bits per heavy atom. The van der Waals surface area contributed by atoms with Crippen molar-refractivity contribution < 1.29 is 19.6 Å². The Hall–Kier alpha value is -3.09. The number of hydrogen-bond donors (Lipinski definition) is 1. The summed E-state index contributed by atoms with van der Waals surface area (Å²) in [6.45, 7) is 0. The lowest BCUT2D eigenvalue weighted by atomic mass is 10.0. The van der Waals surface area contributed by atoms with Gasteiger partial charge in [-0.3, -0.25) is 19.9 Å². The lowest BCUT2D eigenvalue weighted by Gasteiger charge is -2.04. The van der Waals surface area contributed by atoms with Crippen molar-refractivity contribution in [2.45, 2.75) is 6.42 Å². The van der Waals surface area contributed by atoms with Crippen LogP contribution in [-0.4, -0.2) is 26.8 Å². The molecule has 1 aromatic carbocycles. The first-order valence-corrected chi connectivity index (χ1v) is 5.94. The number of hydrogen-bond acceptors (Lipinski definition) is 5. The Balaban J connectivity index is 2.22. The average Bonchev–Trinajstić information content (AvgIpc) is 2.47. The summed E-state index contributed by atoms with van der Waals surface area (Å²) in [5.74, 6) is -1.59. The Labute approximate surface area is 119 Å². The molecule has 0 saturated carbocycles.